The molecule has 0 aliphatic heterocycles. The molecule has 0 aliphatic rings. The van der Waals surface area contributed by atoms with E-state index in [1.807, 2.05) is 24.3 Å². The van der Waals surface area contributed by atoms with Crippen molar-refractivity contribution >= 4 is 50.1 Å². The molecule has 2 aromatic rings. The van der Waals surface area contributed by atoms with Crippen LogP contribution in [0.15, 0.2) is 40.9 Å². The summed E-state index contributed by atoms with van der Waals surface area (Å²) < 4.78 is 7.76. The van der Waals surface area contributed by atoms with Gasteiger partial charge in [0.2, 0.25) is 0 Å². The van der Waals surface area contributed by atoms with Gasteiger partial charge in [-0.2, -0.15) is 0 Å². The molecule has 21 heavy (non-hydrogen) atoms. The largest absolute Gasteiger partial charge is 0.496 e. The number of benzene rings is 2. The first-order valence-electron chi connectivity index (χ1n) is 6.58. The predicted octanol–water partition coefficient (Wildman–Crippen LogP) is 5.41. The molecular weight excluding hydrogens is 464 g/mol. The van der Waals surface area contributed by atoms with E-state index in [4.69, 9.17) is 16.3 Å². The minimum Gasteiger partial charge on any atom is -0.496 e. The summed E-state index contributed by atoms with van der Waals surface area (Å²) in [5.41, 5.74) is 2.25. The Morgan fingerprint density at radius 1 is 1.24 bits per heavy atom. The van der Waals surface area contributed by atoms with Crippen LogP contribution in [0.3, 0.4) is 0 Å². The molecule has 0 heterocycles. The maximum Gasteiger partial charge on any atom is 0.124 e. The number of hydrogen-bond acceptors (Lipinski definition) is 2. The first-order chi connectivity index (χ1) is 10.1. The van der Waals surface area contributed by atoms with Crippen LogP contribution >= 0.6 is 50.1 Å². The maximum atomic E-state index is 6.18. The SMILES string of the molecule is CCNC(c1cc(Br)ccc1I)c1cc(Cl)ccc1OC. The molecule has 1 unspecified atom stereocenters. The molecule has 0 radical (unpaired) electrons. The van der Waals surface area contributed by atoms with Gasteiger partial charge in [-0.15, -0.1) is 0 Å². The Kier molecular flexibility index (Phi) is 6.34. The third kappa shape index (κ3) is 4.12. The molecular formula is C16H16BrClINO. The van der Waals surface area contributed by atoms with Gasteiger partial charge in [0, 0.05) is 18.6 Å². The Labute approximate surface area is 152 Å². The molecule has 0 spiro atoms. The lowest BCUT2D eigenvalue weighted by atomic mass is 9.97. The Morgan fingerprint density at radius 2 is 2.00 bits per heavy atom. The van der Waals surface area contributed by atoms with Crippen molar-refractivity contribution in [3.8, 4) is 5.75 Å². The van der Waals surface area contributed by atoms with E-state index in [1.165, 1.54) is 9.13 Å². The molecule has 1 atom stereocenters. The fourth-order valence-electron chi connectivity index (χ4n) is 2.26. The lowest BCUT2D eigenvalue weighted by Crippen LogP contribution is -2.23. The highest BCUT2D eigenvalue weighted by Gasteiger charge is 2.20. The van der Waals surface area contributed by atoms with Gasteiger partial charge in [-0.25, -0.2) is 0 Å². The van der Waals surface area contributed by atoms with Crippen molar-refractivity contribution in [2.75, 3.05) is 13.7 Å². The highest BCUT2D eigenvalue weighted by atomic mass is 127. The second-order valence-corrected chi connectivity index (χ2v) is 7.06. The van der Waals surface area contributed by atoms with E-state index in [1.54, 1.807) is 7.11 Å². The topological polar surface area (TPSA) is 21.3 Å². The van der Waals surface area contributed by atoms with Gasteiger partial charge in [0.15, 0.2) is 0 Å². The van der Waals surface area contributed by atoms with Gasteiger partial charge in [-0.05, 0) is 71.1 Å². The number of methoxy groups -OCH3 is 1. The lowest BCUT2D eigenvalue weighted by molar-refractivity contribution is 0.404. The third-order valence-corrected chi connectivity index (χ3v) is 4.89. The summed E-state index contributed by atoms with van der Waals surface area (Å²) in [4.78, 5) is 0. The average Bonchev–Trinajstić information content (AvgIpc) is 2.47. The van der Waals surface area contributed by atoms with Gasteiger partial charge in [0.25, 0.3) is 0 Å². The van der Waals surface area contributed by atoms with Crippen LogP contribution in [0.1, 0.15) is 24.1 Å². The van der Waals surface area contributed by atoms with Crippen molar-refractivity contribution in [1.29, 1.82) is 0 Å². The minimum atomic E-state index is 0.0352. The van der Waals surface area contributed by atoms with E-state index in [0.717, 1.165) is 22.3 Å². The van der Waals surface area contributed by atoms with Crippen molar-refractivity contribution in [3.63, 3.8) is 0 Å². The summed E-state index contributed by atoms with van der Waals surface area (Å²) in [6.45, 7) is 2.94. The molecule has 0 aliphatic carbocycles. The van der Waals surface area contributed by atoms with Crippen molar-refractivity contribution < 1.29 is 4.74 Å². The second kappa shape index (κ2) is 7.81. The van der Waals surface area contributed by atoms with Crippen LogP contribution in [0.2, 0.25) is 5.02 Å². The van der Waals surface area contributed by atoms with Gasteiger partial charge in [0.1, 0.15) is 5.75 Å². The molecule has 5 heteroatoms. The van der Waals surface area contributed by atoms with Crippen molar-refractivity contribution in [2.24, 2.45) is 0 Å². The summed E-state index contributed by atoms with van der Waals surface area (Å²) in [7, 11) is 1.68. The van der Waals surface area contributed by atoms with Gasteiger partial charge in [-0.3, -0.25) is 0 Å². The highest BCUT2D eigenvalue weighted by Crippen LogP contribution is 2.35. The molecule has 2 nitrogen and oxygen atoms in total. The zero-order valence-electron chi connectivity index (χ0n) is 11.8. The van der Waals surface area contributed by atoms with E-state index in [9.17, 15) is 0 Å². The summed E-state index contributed by atoms with van der Waals surface area (Å²) >= 11 is 12.1. The van der Waals surface area contributed by atoms with E-state index in [0.29, 0.717) is 5.02 Å². The molecule has 1 N–H and O–H groups in total. The average molecular weight is 481 g/mol. The van der Waals surface area contributed by atoms with Gasteiger partial charge in [-0.1, -0.05) is 34.5 Å². The fourth-order valence-corrected chi connectivity index (χ4v) is 3.46. The Morgan fingerprint density at radius 3 is 2.67 bits per heavy atom. The second-order valence-electron chi connectivity index (χ2n) is 4.54. The zero-order valence-corrected chi connectivity index (χ0v) is 16.3. The van der Waals surface area contributed by atoms with Crippen LogP contribution in [-0.4, -0.2) is 13.7 Å². The van der Waals surface area contributed by atoms with E-state index in [-0.39, 0.29) is 6.04 Å². The lowest BCUT2D eigenvalue weighted by Gasteiger charge is -2.23. The number of halogens is 3. The van der Waals surface area contributed by atoms with Gasteiger partial charge >= 0.3 is 0 Å². The number of hydrogen-bond donors (Lipinski definition) is 1. The monoisotopic (exact) mass is 479 g/mol. The molecule has 0 amide bonds. The molecule has 0 saturated carbocycles. The molecule has 0 saturated heterocycles. The predicted molar refractivity (Wildman–Crippen MR) is 100 cm³/mol. The molecule has 2 aromatic carbocycles. The van der Waals surface area contributed by atoms with Crippen LogP contribution in [0.25, 0.3) is 0 Å². The molecule has 0 aromatic heterocycles. The summed E-state index contributed by atoms with van der Waals surface area (Å²) in [5, 5.41) is 4.23. The molecule has 112 valence electrons. The Balaban J connectivity index is 2.58. The molecule has 0 bridgehead atoms. The van der Waals surface area contributed by atoms with E-state index in [2.05, 4.69) is 62.9 Å². The summed E-state index contributed by atoms with van der Waals surface area (Å²) in [6.07, 6.45) is 0. The Bertz CT molecular complexity index is 636. The first-order valence-corrected chi connectivity index (χ1v) is 8.83. The van der Waals surface area contributed by atoms with Crippen LogP contribution in [0.4, 0.5) is 0 Å². The fraction of sp³-hybridized carbons (Fsp3) is 0.250. The standard InChI is InChI=1S/C16H16BrClINO/c1-3-20-16(12-8-10(17)4-6-14(12)19)13-9-11(18)5-7-15(13)21-2/h4-9,16,20H,3H2,1-2H3. The number of ether oxygens (including phenoxy) is 1. The first kappa shape index (κ1) is 17.1. The maximum absolute atomic E-state index is 6.18. The van der Waals surface area contributed by atoms with Gasteiger partial charge < -0.3 is 10.1 Å². The van der Waals surface area contributed by atoms with Crippen molar-refractivity contribution in [1.82, 2.24) is 5.32 Å². The minimum absolute atomic E-state index is 0.0352. The molecule has 0 fully saturated rings. The van der Waals surface area contributed by atoms with Crippen molar-refractivity contribution in [3.05, 3.63) is 60.6 Å². The van der Waals surface area contributed by atoms with Crippen molar-refractivity contribution in [2.45, 2.75) is 13.0 Å². The normalized spacial score (nSPS) is 12.2. The van der Waals surface area contributed by atoms with Crippen LogP contribution < -0.4 is 10.1 Å². The van der Waals surface area contributed by atoms with E-state index >= 15 is 0 Å². The van der Waals surface area contributed by atoms with Crippen LogP contribution in [0.5, 0.6) is 5.75 Å². The van der Waals surface area contributed by atoms with E-state index < -0.39 is 0 Å². The smallest absolute Gasteiger partial charge is 0.124 e. The summed E-state index contributed by atoms with van der Waals surface area (Å²) in [5.74, 6) is 0.834. The van der Waals surface area contributed by atoms with Crippen LogP contribution in [-0.2, 0) is 0 Å². The van der Waals surface area contributed by atoms with Gasteiger partial charge in [0.05, 0.1) is 13.2 Å². The van der Waals surface area contributed by atoms with Crippen LogP contribution in [0, 0.1) is 3.57 Å². The number of rotatable bonds is 5. The quantitative estimate of drug-likeness (QED) is 0.578. The highest BCUT2D eigenvalue weighted by molar-refractivity contribution is 14.1. The third-order valence-electron chi connectivity index (χ3n) is 3.18. The summed E-state index contributed by atoms with van der Waals surface area (Å²) in [6, 6.07) is 12.0. The molecule has 2 rings (SSSR count). The number of nitrogens with one attached hydrogen (secondary N) is 1. The zero-order chi connectivity index (χ0) is 15.4. The Hall–Kier alpha value is -0.300.